The fourth-order valence-corrected chi connectivity index (χ4v) is 5.83. The lowest BCUT2D eigenvalue weighted by Gasteiger charge is -2.22. The largest absolute Gasteiger partial charge is 0.573 e. The molecule has 2 fully saturated rings. The normalized spacial score (nSPS) is 21.1. The first-order valence-electron chi connectivity index (χ1n) is 10.2. The van der Waals surface area contributed by atoms with Crippen molar-refractivity contribution in [2.75, 3.05) is 18.1 Å². The minimum Gasteiger partial charge on any atom is -0.403 e. The van der Waals surface area contributed by atoms with E-state index in [0.717, 1.165) is 18.4 Å². The number of ether oxygens (including phenoxy) is 1. The van der Waals surface area contributed by atoms with E-state index < -0.39 is 27.9 Å². The van der Waals surface area contributed by atoms with Crippen molar-refractivity contribution in [3.05, 3.63) is 35.0 Å². The van der Waals surface area contributed by atoms with Gasteiger partial charge in [-0.3, -0.25) is 4.79 Å². The highest BCUT2D eigenvalue weighted by Crippen LogP contribution is 2.44. The number of halogens is 3. The molecule has 0 spiro atoms. The molecule has 2 aliphatic rings. The van der Waals surface area contributed by atoms with Crippen LogP contribution in [-0.2, 0) is 9.84 Å². The molecule has 10 heteroatoms. The zero-order chi connectivity index (χ0) is 22.4. The summed E-state index contributed by atoms with van der Waals surface area (Å²) in [7, 11) is -3.10. The molecule has 2 aromatic rings. The highest BCUT2D eigenvalue weighted by molar-refractivity contribution is 7.91. The van der Waals surface area contributed by atoms with Gasteiger partial charge in [0, 0.05) is 11.9 Å². The van der Waals surface area contributed by atoms with Crippen molar-refractivity contribution < 1.29 is 31.1 Å². The Hall–Kier alpha value is -2.36. The van der Waals surface area contributed by atoms with E-state index in [2.05, 4.69) is 15.0 Å². The molecule has 1 amide bonds. The molecule has 1 saturated heterocycles. The summed E-state index contributed by atoms with van der Waals surface area (Å²) in [6.45, 7) is 1.88. The van der Waals surface area contributed by atoms with Crippen LogP contribution in [0.25, 0.3) is 10.9 Å². The number of aryl methyl sites for hydroxylation is 1. The summed E-state index contributed by atoms with van der Waals surface area (Å²) < 4.78 is 66.7. The zero-order valence-electron chi connectivity index (χ0n) is 17.0. The molecule has 1 aromatic carbocycles. The smallest absolute Gasteiger partial charge is 0.403 e. The number of hydrogen-bond donors (Lipinski definition) is 1. The summed E-state index contributed by atoms with van der Waals surface area (Å²) >= 11 is 0. The van der Waals surface area contributed by atoms with Crippen LogP contribution in [0.2, 0.25) is 0 Å². The number of carbonyl (C=O) groups excluding carboxylic acids is 1. The molecule has 4 rings (SSSR count). The summed E-state index contributed by atoms with van der Waals surface area (Å²) in [5, 5.41) is 3.19. The molecule has 1 saturated carbocycles. The molecular formula is C21H23F3N2O4S. The van der Waals surface area contributed by atoms with Crippen molar-refractivity contribution in [3.8, 4) is 5.75 Å². The summed E-state index contributed by atoms with van der Waals surface area (Å²) in [6.07, 6.45) is -1.80. The van der Waals surface area contributed by atoms with Crippen LogP contribution < -0.4 is 10.1 Å². The molecule has 31 heavy (non-hydrogen) atoms. The van der Waals surface area contributed by atoms with Gasteiger partial charge in [0.2, 0.25) is 0 Å². The van der Waals surface area contributed by atoms with Crippen LogP contribution in [0.15, 0.2) is 18.2 Å². The van der Waals surface area contributed by atoms with Crippen LogP contribution in [0, 0.1) is 12.8 Å². The van der Waals surface area contributed by atoms with E-state index in [1.54, 1.807) is 6.92 Å². The van der Waals surface area contributed by atoms with Crippen LogP contribution in [0.1, 0.15) is 53.2 Å². The standard InChI is InChI=1S/C21H23F3N2O4S/c1-12-7-17(20(27)25-10-13-3-2-6-31(28,29)11-13)26-19-16(12)8-15(14-4-5-14)9-18(19)30-21(22,23)24/h7-9,13-14H,2-6,10-11H2,1H3,(H,25,27)/t13-/m1/s1. The second-order valence-electron chi connectivity index (χ2n) is 8.39. The Morgan fingerprint density at radius 1 is 1.23 bits per heavy atom. The van der Waals surface area contributed by atoms with Crippen molar-refractivity contribution in [2.24, 2.45) is 5.92 Å². The van der Waals surface area contributed by atoms with Gasteiger partial charge in [0.05, 0.1) is 11.5 Å². The Morgan fingerprint density at radius 2 is 1.97 bits per heavy atom. The van der Waals surface area contributed by atoms with E-state index in [-0.39, 0.29) is 41.1 Å². The number of carbonyl (C=O) groups is 1. The number of sulfone groups is 1. The summed E-state index contributed by atoms with van der Waals surface area (Å²) in [4.78, 5) is 16.8. The number of alkyl halides is 3. The number of nitrogens with one attached hydrogen (secondary N) is 1. The topological polar surface area (TPSA) is 85.4 Å². The SMILES string of the molecule is Cc1cc(C(=O)NC[C@H]2CCCS(=O)(=O)C2)nc2c(OC(F)(F)F)cc(C3CC3)cc12. The quantitative estimate of drug-likeness (QED) is 0.738. The number of rotatable bonds is 5. The first-order chi connectivity index (χ1) is 14.5. The molecule has 0 radical (unpaired) electrons. The van der Waals surface area contributed by atoms with Crippen molar-refractivity contribution in [3.63, 3.8) is 0 Å². The average Bonchev–Trinajstić information content (AvgIpc) is 3.49. The molecule has 1 N–H and O–H groups in total. The zero-order valence-corrected chi connectivity index (χ0v) is 17.8. The Balaban J connectivity index is 1.61. The molecule has 1 aliphatic heterocycles. The second kappa shape index (κ2) is 7.96. The van der Waals surface area contributed by atoms with Gasteiger partial charge in [-0.2, -0.15) is 0 Å². The minimum atomic E-state index is -4.88. The summed E-state index contributed by atoms with van der Waals surface area (Å²) in [5.41, 5.74) is 1.33. The number of amides is 1. The van der Waals surface area contributed by atoms with E-state index in [0.29, 0.717) is 23.8 Å². The molecule has 168 valence electrons. The molecule has 2 heterocycles. The lowest BCUT2D eigenvalue weighted by molar-refractivity contribution is -0.274. The van der Waals surface area contributed by atoms with Gasteiger partial charge in [0.15, 0.2) is 15.6 Å². The molecule has 0 bridgehead atoms. The van der Waals surface area contributed by atoms with Crippen LogP contribution >= 0.6 is 0 Å². The van der Waals surface area contributed by atoms with Gasteiger partial charge in [0.25, 0.3) is 5.91 Å². The first kappa shape index (κ1) is 21.9. The van der Waals surface area contributed by atoms with E-state index in [1.807, 2.05) is 6.07 Å². The van der Waals surface area contributed by atoms with Gasteiger partial charge in [0.1, 0.15) is 11.2 Å². The fourth-order valence-electron chi connectivity index (χ4n) is 4.06. The van der Waals surface area contributed by atoms with Crippen molar-refractivity contribution in [1.82, 2.24) is 10.3 Å². The highest BCUT2D eigenvalue weighted by Gasteiger charge is 2.34. The molecule has 6 nitrogen and oxygen atoms in total. The lowest BCUT2D eigenvalue weighted by Crippen LogP contribution is -2.36. The summed E-state index contributed by atoms with van der Waals surface area (Å²) in [5.74, 6) is -0.762. The number of fused-ring (bicyclic) bond motifs is 1. The van der Waals surface area contributed by atoms with Gasteiger partial charge in [-0.05, 0) is 73.8 Å². The van der Waals surface area contributed by atoms with Crippen LogP contribution in [0.4, 0.5) is 13.2 Å². The number of aromatic nitrogens is 1. The maximum atomic E-state index is 13.0. The van der Waals surface area contributed by atoms with E-state index in [9.17, 15) is 26.4 Å². The van der Waals surface area contributed by atoms with E-state index in [1.165, 1.54) is 12.1 Å². The van der Waals surface area contributed by atoms with Gasteiger partial charge >= 0.3 is 6.36 Å². The fraction of sp³-hybridized carbons (Fsp3) is 0.524. The maximum Gasteiger partial charge on any atom is 0.573 e. The van der Waals surface area contributed by atoms with E-state index in [4.69, 9.17) is 0 Å². The molecule has 1 aromatic heterocycles. The molecule has 0 unspecified atom stereocenters. The highest BCUT2D eigenvalue weighted by atomic mass is 32.2. The van der Waals surface area contributed by atoms with Crippen molar-refractivity contribution in [1.29, 1.82) is 0 Å². The predicted octanol–water partition coefficient (Wildman–Crippen LogP) is 3.87. The van der Waals surface area contributed by atoms with Gasteiger partial charge < -0.3 is 10.1 Å². The third-order valence-corrected chi connectivity index (χ3v) is 7.61. The first-order valence-corrected chi connectivity index (χ1v) is 12.0. The van der Waals surface area contributed by atoms with Crippen molar-refractivity contribution in [2.45, 2.75) is 44.9 Å². The maximum absolute atomic E-state index is 13.0. The van der Waals surface area contributed by atoms with Crippen LogP contribution in [0.5, 0.6) is 5.75 Å². The van der Waals surface area contributed by atoms with Crippen LogP contribution in [0.3, 0.4) is 0 Å². The van der Waals surface area contributed by atoms with E-state index >= 15 is 0 Å². The third kappa shape index (κ3) is 5.28. The number of pyridine rings is 1. The minimum absolute atomic E-state index is 0.0188. The van der Waals surface area contributed by atoms with Crippen LogP contribution in [-0.4, -0.2) is 43.7 Å². The number of hydrogen-bond acceptors (Lipinski definition) is 5. The summed E-state index contributed by atoms with van der Waals surface area (Å²) in [6, 6.07) is 4.70. The number of benzene rings is 1. The Kier molecular flexibility index (Phi) is 5.61. The second-order valence-corrected chi connectivity index (χ2v) is 10.6. The molecular weight excluding hydrogens is 433 g/mol. The third-order valence-electron chi connectivity index (χ3n) is 5.72. The van der Waals surface area contributed by atoms with Crippen molar-refractivity contribution >= 4 is 26.6 Å². The molecule has 1 aliphatic carbocycles. The van der Waals surface area contributed by atoms with Gasteiger partial charge in [-0.15, -0.1) is 13.2 Å². The molecule has 1 atom stereocenters. The Morgan fingerprint density at radius 3 is 2.61 bits per heavy atom. The van der Waals surface area contributed by atoms with Gasteiger partial charge in [-0.1, -0.05) is 0 Å². The predicted molar refractivity (Wildman–Crippen MR) is 109 cm³/mol. The average molecular weight is 456 g/mol. The van der Waals surface area contributed by atoms with Gasteiger partial charge in [-0.25, -0.2) is 13.4 Å². The lowest BCUT2D eigenvalue weighted by atomic mass is 10.0. The monoisotopic (exact) mass is 456 g/mol. The number of nitrogens with zero attached hydrogens (tertiary/aromatic N) is 1. The Labute approximate surface area is 178 Å². The Bertz CT molecular complexity index is 1130.